The lowest BCUT2D eigenvalue weighted by Crippen LogP contribution is -2.37. The molecule has 30 heavy (non-hydrogen) atoms. The molecule has 0 spiro atoms. The van der Waals surface area contributed by atoms with E-state index in [0.29, 0.717) is 59.5 Å². The van der Waals surface area contributed by atoms with Gasteiger partial charge in [-0.05, 0) is 19.4 Å². The summed E-state index contributed by atoms with van der Waals surface area (Å²) in [6.07, 6.45) is 2.90. The third-order valence-electron chi connectivity index (χ3n) is 5.46. The van der Waals surface area contributed by atoms with Gasteiger partial charge in [0.05, 0.1) is 37.5 Å². The van der Waals surface area contributed by atoms with Gasteiger partial charge in [-0.15, -0.1) is 11.3 Å². The summed E-state index contributed by atoms with van der Waals surface area (Å²) in [4.78, 5) is 21.9. The minimum Gasteiger partial charge on any atom is -0.492 e. The van der Waals surface area contributed by atoms with E-state index in [2.05, 4.69) is 17.2 Å². The molecule has 1 fully saturated rings. The number of ether oxygens (including phenoxy) is 2. The zero-order valence-corrected chi connectivity index (χ0v) is 17.6. The fraction of sp³-hybridized carbons (Fsp3) is 0.429. The molecule has 8 nitrogen and oxygen atoms in total. The summed E-state index contributed by atoms with van der Waals surface area (Å²) in [5.74, 6) is 0.460. The first kappa shape index (κ1) is 20.1. The molecule has 2 aromatic rings. The highest BCUT2D eigenvalue weighted by atomic mass is 32.1. The third-order valence-corrected chi connectivity index (χ3v) is 6.58. The summed E-state index contributed by atoms with van der Waals surface area (Å²) >= 11 is 1.31. The number of aromatic nitrogens is 1. The van der Waals surface area contributed by atoms with Crippen LogP contribution < -0.4 is 4.74 Å². The number of amides is 1. The summed E-state index contributed by atoms with van der Waals surface area (Å²) in [7, 11) is 1.61. The van der Waals surface area contributed by atoms with Gasteiger partial charge in [0.25, 0.3) is 5.91 Å². The lowest BCUT2D eigenvalue weighted by atomic mass is 10.1. The minimum atomic E-state index is -0.0609. The first-order valence-electron chi connectivity index (χ1n) is 9.73. The molecule has 0 bridgehead atoms. The van der Waals surface area contributed by atoms with E-state index in [4.69, 9.17) is 9.47 Å². The smallest absolute Gasteiger partial charge is 0.266 e. The second kappa shape index (κ2) is 8.31. The van der Waals surface area contributed by atoms with E-state index in [0.717, 1.165) is 5.69 Å². The number of nitrogens with zero attached hydrogens (tertiary/aromatic N) is 5. The second-order valence-corrected chi connectivity index (χ2v) is 8.20. The Morgan fingerprint density at radius 1 is 1.37 bits per heavy atom. The zero-order valence-electron chi connectivity index (χ0n) is 16.8. The first-order valence-corrected chi connectivity index (χ1v) is 10.5. The van der Waals surface area contributed by atoms with Crippen molar-refractivity contribution in [1.29, 1.82) is 10.5 Å². The summed E-state index contributed by atoms with van der Waals surface area (Å²) in [6, 6.07) is 7.56. The molecule has 2 aliphatic heterocycles. The molecule has 3 heterocycles. The number of methoxy groups -OCH3 is 1. The van der Waals surface area contributed by atoms with Gasteiger partial charge < -0.3 is 19.3 Å². The number of thiazole rings is 1. The molecule has 0 radical (unpaired) electrons. The number of hydrogen-bond acceptors (Lipinski definition) is 8. The maximum Gasteiger partial charge on any atom is 0.266 e. The predicted octanol–water partition coefficient (Wildman–Crippen LogP) is 2.61. The van der Waals surface area contributed by atoms with Crippen molar-refractivity contribution in [3.8, 4) is 28.6 Å². The van der Waals surface area contributed by atoms with Crippen molar-refractivity contribution in [1.82, 2.24) is 14.8 Å². The molecule has 2 atom stereocenters. The van der Waals surface area contributed by atoms with Gasteiger partial charge in [0.1, 0.15) is 27.3 Å². The Morgan fingerprint density at radius 3 is 2.87 bits per heavy atom. The second-order valence-electron chi connectivity index (χ2n) is 7.20. The molecule has 0 unspecified atom stereocenters. The molecule has 2 aliphatic rings. The monoisotopic (exact) mass is 423 g/mol. The standard InChI is InChI=1S/C21H21N5O3S/c1-3-29-18-6-4-5-15(16(18)8-22)20-24-17-10-26(21(27)19(17)30-20)13-7-14(11-28-2)25(9-13)12-23/h4-6,13-14H,3,7,9-11H2,1-2H3/t13-,14+/m1/s1. The molecule has 0 aliphatic carbocycles. The predicted molar refractivity (Wildman–Crippen MR) is 110 cm³/mol. The van der Waals surface area contributed by atoms with Crippen LogP contribution in [-0.2, 0) is 11.3 Å². The van der Waals surface area contributed by atoms with Crippen LogP contribution in [0, 0.1) is 22.8 Å². The van der Waals surface area contributed by atoms with Crippen molar-refractivity contribution >= 4 is 17.2 Å². The molecule has 0 saturated carbocycles. The lowest BCUT2D eigenvalue weighted by molar-refractivity contribution is 0.0712. The SMILES string of the molecule is CCOc1cccc(-c2nc3c(s2)C(=O)N([C@@H]2C[C@@H](COC)N(C#N)C2)C3)c1C#N. The Kier molecular flexibility index (Phi) is 5.58. The molecule has 1 aromatic carbocycles. The number of likely N-dealkylation sites (tertiary alicyclic amines) is 1. The van der Waals surface area contributed by atoms with Crippen LogP contribution in [0.2, 0.25) is 0 Å². The van der Waals surface area contributed by atoms with Gasteiger partial charge in [-0.1, -0.05) is 12.1 Å². The molecular formula is C21H21N5O3S. The van der Waals surface area contributed by atoms with Crippen LogP contribution in [0.3, 0.4) is 0 Å². The highest BCUT2D eigenvalue weighted by Crippen LogP contribution is 2.39. The van der Waals surface area contributed by atoms with Crippen molar-refractivity contribution in [2.24, 2.45) is 0 Å². The molecule has 1 amide bonds. The number of benzene rings is 1. The van der Waals surface area contributed by atoms with Crippen molar-refractivity contribution in [2.45, 2.75) is 32.0 Å². The van der Waals surface area contributed by atoms with Crippen LogP contribution in [0.5, 0.6) is 5.75 Å². The van der Waals surface area contributed by atoms with Gasteiger partial charge in [-0.2, -0.15) is 10.5 Å². The Balaban J connectivity index is 1.58. The van der Waals surface area contributed by atoms with Gasteiger partial charge in [-0.25, -0.2) is 4.98 Å². The van der Waals surface area contributed by atoms with Crippen molar-refractivity contribution < 1.29 is 14.3 Å². The van der Waals surface area contributed by atoms with Gasteiger partial charge in [0.2, 0.25) is 0 Å². The summed E-state index contributed by atoms with van der Waals surface area (Å²) in [5.41, 5.74) is 1.84. The van der Waals surface area contributed by atoms with E-state index >= 15 is 0 Å². The normalized spacial score (nSPS) is 20.2. The van der Waals surface area contributed by atoms with Crippen LogP contribution in [0.25, 0.3) is 10.6 Å². The molecule has 154 valence electrons. The van der Waals surface area contributed by atoms with Crippen LogP contribution >= 0.6 is 11.3 Å². The Morgan fingerprint density at radius 2 is 2.20 bits per heavy atom. The number of hydrogen-bond donors (Lipinski definition) is 0. The first-order chi connectivity index (χ1) is 14.6. The van der Waals surface area contributed by atoms with Gasteiger partial charge in [0, 0.05) is 19.2 Å². The quantitative estimate of drug-likeness (QED) is 0.658. The Labute approximate surface area is 178 Å². The average molecular weight is 423 g/mol. The Bertz CT molecular complexity index is 1050. The fourth-order valence-electron chi connectivity index (χ4n) is 4.09. The van der Waals surface area contributed by atoms with Gasteiger partial charge in [-0.3, -0.25) is 4.79 Å². The number of carbonyl (C=O) groups is 1. The lowest BCUT2D eigenvalue weighted by Gasteiger charge is -2.22. The van der Waals surface area contributed by atoms with E-state index < -0.39 is 0 Å². The molecule has 1 saturated heterocycles. The van der Waals surface area contributed by atoms with Crippen molar-refractivity contribution in [2.75, 3.05) is 26.9 Å². The molecule has 1 aromatic heterocycles. The van der Waals surface area contributed by atoms with E-state index in [9.17, 15) is 15.3 Å². The highest BCUT2D eigenvalue weighted by Gasteiger charge is 2.42. The van der Waals surface area contributed by atoms with Crippen LogP contribution in [0.1, 0.15) is 34.3 Å². The maximum atomic E-state index is 13.1. The van der Waals surface area contributed by atoms with Crippen molar-refractivity contribution in [3.63, 3.8) is 0 Å². The maximum absolute atomic E-state index is 13.1. The number of fused-ring (bicyclic) bond motifs is 1. The minimum absolute atomic E-state index is 0.0144. The molecular weight excluding hydrogens is 402 g/mol. The third kappa shape index (κ3) is 3.36. The number of nitriles is 2. The number of carbonyl (C=O) groups excluding carboxylic acids is 1. The van der Waals surface area contributed by atoms with Crippen LogP contribution in [0.4, 0.5) is 0 Å². The fourth-order valence-corrected chi connectivity index (χ4v) is 5.15. The summed E-state index contributed by atoms with van der Waals surface area (Å²) in [6.45, 7) is 3.72. The molecule has 9 heteroatoms. The van der Waals surface area contributed by atoms with E-state index in [1.807, 2.05) is 19.1 Å². The van der Waals surface area contributed by atoms with Gasteiger partial charge >= 0.3 is 0 Å². The number of rotatable bonds is 6. The zero-order chi connectivity index (χ0) is 21.3. The molecule has 0 N–H and O–H groups in total. The summed E-state index contributed by atoms with van der Waals surface area (Å²) < 4.78 is 10.8. The van der Waals surface area contributed by atoms with E-state index in [-0.39, 0.29) is 18.0 Å². The summed E-state index contributed by atoms with van der Waals surface area (Å²) in [5, 5.41) is 19.6. The average Bonchev–Trinajstić information content (AvgIpc) is 3.42. The van der Waals surface area contributed by atoms with Crippen LogP contribution in [-0.4, -0.2) is 59.6 Å². The van der Waals surface area contributed by atoms with E-state index in [1.54, 1.807) is 23.0 Å². The Hall–Kier alpha value is -3.14. The topological polar surface area (TPSA) is 102 Å². The van der Waals surface area contributed by atoms with Crippen LogP contribution in [0.15, 0.2) is 18.2 Å². The van der Waals surface area contributed by atoms with Gasteiger partial charge in [0.15, 0.2) is 6.19 Å². The van der Waals surface area contributed by atoms with Crippen molar-refractivity contribution in [3.05, 3.63) is 34.3 Å². The largest absolute Gasteiger partial charge is 0.492 e. The van der Waals surface area contributed by atoms with E-state index in [1.165, 1.54) is 11.3 Å². The molecule has 4 rings (SSSR count). The highest BCUT2D eigenvalue weighted by molar-refractivity contribution is 7.17.